The number of carbonyl (C=O) groups is 1. The van der Waals surface area contributed by atoms with Crippen LogP contribution in [0.3, 0.4) is 0 Å². The predicted octanol–water partition coefficient (Wildman–Crippen LogP) is 0.0358. The van der Waals surface area contributed by atoms with Crippen LogP contribution in [0.25, 0.3) is 0 Å². The molecular formula is C9H15N3O2. The van der Waals surface area contributed by atoms with Crippen LogP contribution in [-0.4, -0.2) is 35.4 Å². The molecule has 0 radical (unpaired) electrons. The second-order valence-corrected chi connectivity index (χ2v) is 2.86. The van der Waals surface area contributed by atoms with Crippen LogP contribution in [0.15, 0.2) is 18.5 Å². The van der Waals surface area contributed by atoms with Gasteiger partial charge in [0.2, 0.25) is 0 Å². The van der Waals surface area contributed by atoms with E-state index in [1.807, 2.05) is 16.9 Å². The Morgan fingerprint density at radius 2 is 2.43 bits per heavy atom. The average molecular weight is 197 g/mol. The van der Waals surface area contributed by atoms with E-state index in [2.05, 4.69) is 10.4 Å². The quantitative estimate of drug-likeness (QED) is 0.516. The topological polar surface area (TPSA) is 56.1 Å². The van der Waals surface area contributed by atoms with Crippen molar-refractivity contribution in [2.45, 2.75) is 13.5 Å². The van der Waals surface area contributed by atoms with Gasteiger partial charge in [-0.15, -0.1) is 0 Å². The Morgan fingerprint density at radius 3 is 3.07 bits per heavy atom. The second kappa shape index (κ2) is 6.15. The van der Waals surface area contributed by atoms with Crippen molar-refractivity contribution in [3.05, 3.63) is 18.5 Å². The highest BCUT2D eigenvalue weighted by atomic mass is 16.5. The molecule has 1 N–H and O–H groups in total. The molecule has 0 bridgehead atoms. The van der Waals surface area contributed by atoms with Crippen LogP contribution < -0.4 is 5.32 Å². The Bertz CT molecular complexity index is 259. The summed E-state index contributed by atoms with van der Waals surface area (Å²) < 4.78 is 6.60. The Balaban J connectivity index is 1.92. The molecule has 1 aromatic rings. The first-order valence-corrected chi connectivity index (χ1v) is 4.60. The van der Waals surface area contributed by atoms with Crippen LogP contribution in [0.4, 0.5) is 0 Å². The summed E-state index contributed by atoms with van der Waals surface area (Å²) in [5.41, 5.74) is 0. The van der Waals surface area contributed by atoms with Crippen LogP contribution >= 0.6 is 0 Å². The molecule has 0 aliphatic heterocycles. The third-order valence-corrected chi connectivity index (χ3v) is 1.66. The summed E-state index contributed by atoms with van der Waals surface area (Å²) in [5, 5.41) is 7.19. The molecule has 14 heavy (non-hydrogen) atoms. The second-order valence-electron chi connectivity index (χ2n) is 2.86. The molecule has 0 fully saturated rings. The van der Waals surface area contributed by atoms with E-state index in [9.17, 15) is 4.79 Å². The lowest BCUT2D eigenvalue weighted by atomic mass is 10.5. The largest absolute Gasteiger partial charge is 0.465 e. The Hall–Kier alpha value is -1.36. The smallest absolute Gasteiger partial charge is 0.302 e. The van der Waals surface area contributed by atoms with E-state index >= 15 is 0 Å². The summed E-state index contributed by atoms with van der Waals surface area (Å²) >= 11 is 0. The fourth-order valence-corrected chi connectivity index (χ4v) is 1.02. The number of rotatable bonds is 6. The molecule has 0 spiro atoms. The van der Waals surface area contributed by atoms with Gasteiger partial charge < -0.3 is 10.1 Å². The van der Waals surface area contributed by atoms with Crippen LogP contribution in [0.5, 0.6) is 0 Å². The monoisotopic (exact) mass is 197 g/mol. The van der Waals surface area contributed by atoms with Gasteiger partial charge >= 0.3 is 5.97 Å². The molecule has 0 saturated carbocycles. The summed E-state index contributed by atoms with van der Waals surface area (Å²) in [7, 11) is 0. The van der Waals surface area contributed by atoms with E-state index in [1.165, 1.54) is 6.92 Å². The standard InChI is InChI=1S/C9H15N3O2/c1-9(13)14-8-5-10-4-7-12-6-2-3-11-12/h2-3,6,10H,4-5,7-8H2,1H3. The SMILES string of the molecule is CC(=O)OCCNCCn1cccn1. The van der Waals surface area contributed by atoms with E-state index in [0.29, 0.717) is 13.2 Å². The Kier molecular flexibility index (Phi) is 4.71. The third kappa shape index (κ3) is 4.61. The first-order chi connectivity index (χ1) is 6.79. The summed E-state index contributed by atoms with van der Waals surface area (Å²) in [6.07, 6.45) is 3.66. The Labute approximate surface area is 83.1 Å². The van der Waals surface area contributed by atoms with Crippen LogP contribution in [0.2, 0.25) is 0 Å². The molecule has 0 unspecified atom stereocenters. The molecule has 1 aromatic heterocycles. The lowest BCUT2D eigenvalue weighted by Crippen LogP contribution is -2.24. The van der Waals surface area contributed by atoms with Gasteiger partial charge in [-0.25, -0.2) is 0 Å². The van der Waals surface area contributed by atoms with Gasteiger partial charge in [0.15, 0.2) is 0 Å². The van der Waals surface area contributed by atoms with Gasteiger partial charge in [-0.2, -0.15) is 5.10 Å². The number of nitrogens with zero attached hydrogens (tertiary/aromatic N) is 2. The maximum Gasteiger partial charge on any atom is 0.302 e. The fraction of sp³-hybridized carbons (Fsp3) is 0.556. The van der Waals surface area contributed by atoms with Gasteiger partial charge in [0, 0.05) is 32.4 Å². The number of hydrogen-bond donors (Lipinski definition) is 1. The third-order valence-electron chi connectivity index (χ3n) is 1.66. The van der Waals surface area contributed by atoms with Crippen molar-refractivity contribution in [2.24, 2.45) is 0 Å². The van der Waals surface area contributed by atoms with E-state index in [0.717, 1.165) is 13.1 Å². The van der Waals surface area contributed by atoms with Crippen LogP contribution in [-0.2, 0) is 16.1 Å². The number of ether oxygens (including phenoxy) is 1. The van der Waals surface area contributed by atoms with Crippen molar-refractivity contribution in [1.82, 2.24) is 15.1 Å². The highest BCUT2D eigenvalue weighted by molar-refractivity contribution is 5.65. The predicted molar refractivity (Wildman–Crippen MR) is 51.7 cm³/mol. The average Bonchev–Trinajstić information content (AvgIpc) is 2.63. The maximum atomic E-state index is 10.4. The molecule has 0 aliphatic rings. The molecular weight excluding hydrogens is 182 g/mol. The van der Waals surface area contributed by atoms with Crippen molar-refractivity contribution in [3.63, 3.8) is 0 Å². The van der Waals surface area contributed by atoms with Gasteiger partial charge in [-0.05, 0) is 6.07 Å². The highest BCUT2D eigenvalue weighted by Gasteiger charge is 1.92. The van der Waals surface area contributed by atoms with E-state index in [4.69, 9.17) is 4.74 Å². The zero-order chi connectivity index (χ0) is 10.2. The lowest BCUT2D eigenvalue weighted by Gasteiger charge is -2.04. The van der Waals surface area contributed by atoms with Crippen molar-refractivity contribution < 1.29 is 9.53 Å². The zero-order valence-electron chi connectivity index (χ0n) is 8.27. The van der Waals surface area contributed by atoms with Crippen molar-refractivity contribution in [3.8, 4) is 0 Å². The summed E-state index contributed by atoms with van der Waals surface area (Å²) in [5.74, 6) is -0.237. The minimum atomic E-state index is -0.237. The number of carbonyl (C=O) groups excluding carboxylic acids is 1. The fourth-order valence-electron chi connectivity index (χ4n) is 1.02. The summed E-state index contributed by atoms with van der Waals surface area (Å²) in [6, 6.07) is 1.89. The minimum Gasteiger partial charge on any atom is -0.465 e. The highest BCUT2D eigenvalue weighted by Crippen LogP contribution is 1.82. The molecule has 1 rings (SSSR count). The van der Waals surface area contributed by atoms with Crippen LogP contribution in [0, 0.1) is 0 Å². The Morgan fingerprint density at radius 1 is 1.57 bits per heavy atom. The zero-order valence-corrected chi connectivity index (χ0v) is 8.27. The van der Waals surface area contributed by atoms with E-state index in [-0.39, 0.29) is 5.97 Å². The molecule has 1 heterocycles. The lowest BCUT2D eigenvalue weighted by molar-refractivity contribution is -0.140. The number of hydrogen-bond acceptors (Lipinski definition) is 4. The molecule has 0 amide bonds. The van der Waals surface area contributed by atoms with Gasteiger partial charge in [0.05, 0.1) is 6.54 Å². The van der Waals surface area contributed by atoms with Crippen LogP contribution in [0.1, 0.15) is 6.92 Å². The minimum absolute atomic E-state index is 0.237. The molecule has 5 nitrogen and oxygen atoms in total. The molecule has 0 atom stereocenters. The first kappa shape index (κ1) is 10.7. The van der Waals surface area contributed by atoms with E-state index < -0.39 is 0 Å². The van der Waals surface area contributed by atoms with E-state index in [1.54, 1.807) is 6.20 Å². The molecule has 5 heteroatoms. The summed E-state index contributed by atoms with van der Waals surface area (Å²) in [4.78, 5) is 10.4. The van der Waals surface area contributed by atoms with Gasteiger partial charge in [0.1, 0.15) is 6.61 Å². The van der Waals surface area contributed by atoms with Crippen molar-refractivity contribution >= 4 is 5.97 Å². The maximum absolute atomic E-state index is 10.4. The molecule has 0 aliphatic carbocycles. The van der Waals surface area contributed by atoms with Crippen molar-refractivity contribution in [1.29, 1.82) is 0 Å². The number of nitrogens with one attached hydrogen (secondary N) is 1. The molecule has 78 valence electrons. The van der Waals surface area contributed by atoms with Gasteiger partial charge in [0.25, 0.3) is 0 Å². The van der Waals surface area contributed by atoms with Gasteiger partial charge in [-0.1, -0.05) is 0 Å². The normalized spacial score (nSPS) is 10.1. The first-order valence-electron chi connectivity index (χ1n) is 4.60. The van der Waals surface area contributed by atoms with Gasteiger partial charge in [-0.3, -0.25) is 9.48 Å². The summed E-state index contributed by atoms with van der Waals surface area (Å²) in [6.45, 7) is 4.16. The molecule has 0 saturated heterocycles. The number of esters is 1. The number of aromatic nitrogens is 2. The van der Waals surface area contributed by atoms with Crippen molar-refractivity contribution in [2.75, 3.05) is 19.7 Å². The molecule has 0 aromatic carbocycles.